The van der Waals surface area contributed by atoms with Crippen LogP contribution in [0.1, 0.15) is 22.4 Å². The Morgan fingerprint density at radius 2 is 2.04 bits per heavy atom. The summed E-state index contributed by atoms with van der Waals surface area (Å²) in [5.74, 6) is 1.96. The summed E-state index contributed by atoms with van der Waals surface area (Å²) in [6, 6.07) is 9.78. The summed E-state index contributed by atoms with van der Waals surface area (Å²) in [5.41, 5.74) is 4.23. The number of aliphatic hydroxyl groups excluding tert-OH is 1. The van der Waals surface area contributed by atoms with Gasteiger partial charge in [-0.2, -0.15) is 0 Å². The summed E-state index contributed by atoms with van der Waals surface area (Å²) in [6.07, 6.45) is 2.25. The normalized spacial score (nSPS) is 12.2. The van der Waals surface area contributed by atoms with Gasteiger partial charge in [-0.15, -0.1) is 0 Å². The molecule has 5 nitrogen and oxygen atoms in total. The molecule has 0 fully saturated rings. The van der Waals surface area contributed by atoms with E-state index in [0.717, 1.165) is 27.9 Å². The average Bonchev–Trinajstić information content (AvgIpc) is 2.62. The molecule has 0 radical (unpaired) electrons. The zero-order chi connectivity index (χ0) is 16.7. The molecule has 2 N–H and O–H groups in total. The van der Waals surface area contributed by atoms with Crippen molar-refractivity contribution in [1.29, 1.82) is 0 Å². The molecule has 1 aliphatic rings. The molecule has 3 heterocycles. The number of ether oxygens (including phenoxy) is 1. The van der Waals surface area contributed by atoms with E-state index in [2.05, 4.69) is 15.0 Å². The van der Waals surface area contributed by atoms with Gasteiger partial charge in [0.1, 0.15) is 10.5 Å². The first kappa shape index (κ1) is 15.0. The fourth-order valence-electron chi connectivity index (χ4n) is 2.87. The van der Waals surface area contributed by atoms with Crippen molar-refractivity contribution in [2.75, 3.05) is 0 Å². The first-order chi connectivity index (χ1) is 11.7. The van der Waals surface area contributed by atoms with Crippen molar-refractivity contribution in [1.82, 2.24) is 15.0 Å². The van der Waals surface area contributed by atoms with Crippen molar-refractivity contribution >= 4 is 12.2 Å². The van der Waals surface area contributed by atoms with Crippen molar-refractivity contribution in [3.63, 3.8) is 0 Å². The second-order valence-corrected chi connectivity index (χ2v) is 6.06. The van der Waals surface area contributed by atoms with Crippen LogP contribution in [0.25, 0.3) is 11.4 Å². The third kappa shape index (κ3) is 2.40. The number of fused-ring (bicyclic) bond motifs is 2. The molecule has 4 rings (SSSR count). The van der Waals surface area contributed by atoms with Crippen LogP contribution in [-0.4, -0.2) is 20.1 Å². The van der Waals surface area contributed by atoms with Crippen LogP contribution in [0, 0.1) is 11.6 Å². The highest BCUT2D eigenvalue weighted by molar-refractivity contribution is 7.71. The van der Waals surface area contributed by atoms with Crippen molar-refractivity contribution in [3.05, 3.63) is 63.6 Å². The fraction of sp³-hybridized carbons (Fsp3) is 0.167. The molecule has 0 unspecified atom stereocenters. The second-order valence-electron chi connectivity index (χ2n) is 5.68. The maximum absolute atomic E-state index is 9.55. The maximum Gasteiger partial charge on any atom is 0.205 e. The zero-order valence-corrected chi connectivity index (χ0v) is 13.9. The van der Waals surface area contributed by atoms with Gasteiger partial charge in [0.25, 0.3) is 0 Å². The number of nitrogens with zero attached hydrogens (tertiary/aromatic N) is 2. The van der Waals surface area contributed by atoms with E-state index < -0.39 is 0 Å². The van der Waals surface area contributed by atoms with Gasteiger partial charge in [-0.1, -0.05) is 42.5 Å². The number of H-pyrrole nitrogens is 1. The molecular weight excluding hydrogens is 322 g/mol. The van der Waals surface area contributed by atoms with E-state index in [1.165, 1.54) is 0 Å². The summed E-state index contributed by atoms with van der Waals surface area (Å²) in [7, 11) is 0. The van der Waals surface area contributed by atoms with Crippen LogP contribution < -0.4 is 4.74 Å². The first-order valence-electron chi connectivity index (χ1n) is 7.62. The lowest BCUT2D eigenvalue weighted by atomic mass is 9.99. The Morgan fingerprint density at radius 3 is 2.79 bits per heavy atom. The standard InChI is InChI=1S/C18H15N3O2S/c1-10-15-13(12(9-22)8-19-10)7-14-17(23-15)20-16(21-18(14)24)11-5-3-2-4-6-11/h2-6,8,22H,7,9H2,1H3,(H,20,21,24). The maximum atomic E-state index is 9.55. The van der Waals surface area contributed by atoms with E-state index in [0.29, 0.717) is 28.5 Å². The molecule has 0 saturated heterocycles. The van der Waals surface area contributed by atoms with Gasteiger partial charge in [-0.05, 0) is 6.92 Å². The Balaban J connectivity index is 1.86. The van der Waals surface area contributed by atoms with Crippen LogP contribution >= 0.6 is 12.2 Å². The van der Waals surface area contributed by atoms with E-state index >= 15 is 0 Å². The molecule has 2 aromatic heterocycles. The van der Waals surface area contributed by atoms with E-state index in [1.807, 2.05) is 37.3 Å². The molecule has 1 aromatic carbocycles. The molecule has 120 valence electrons. The number of hydrogen-bond donors (Lipinski definition) is 2. The number of hydrogen-bond acceptors (Lipinski definition) is 5. The van der Waals surface area contributed by atoms with Crippen molar-refractivity contribution in [3.8, 4) is 23.0 Å². The highest BCUT2D eigenvalue weighted by Crippen LogP contribution is 2.39. The fourth-order valence-corrected chi connectivity index (χ4v) is 3.13. The molecule has 0 amide bonds. The van der Waals surface area contributed by atoms with Crippen LogP contribution in [0.15, 0.2) is 36.5 Å². The largest absolute Gasteiger partial charge is 0.438 e. The lowest BCUT2D eigenvalue weighted by Gasteiger charge is -2.23. The number of aliphatic hydroxyl groups is 1. The highest BCUT2D eigenvalue weighted by Gasteiger charge is 2.24. The Kier molecular flexibility index (Phi) is 3.63. The third-order valence-electron chi connectivity index (χ3n) is 4.16. The summed E-state index contributed by atoms with van der Waals surface area (Å²) in [4.78, 5) is 12.0. The van der Waals surface area contributed by atoms with Crippen LogP contribution in [0.3, 0.4) is 0 Å². The Hall–Kier alpha value is -2.57. The van der Waals surface area contributed by atoms with E-state index in [9.17, 15) is 5.11 Å². The molecule has 0 bridgehead atoms. The predicted molar refractivity (Wildman–Crippen MR) is 92.6 cm³/mol. The van der Waals surface area contributed by atoms with Gasteiger partial charge in [-0.25, -0.2) is 4.98 Å². The Bertz CT molecular complexity index is 984. The number of pyridine rings is 1. The first-order valence-corrected chi connectivity index (χ1v) is 8.03. The number of aromatic amines is 1. The molecule has 24 heavy (non-hydrogen) atoms. The van der Waals surface area contributed by atoms with Crippen LogP contribution in [0.4, 0.5) is 0 Å². The highest BCUT2D eigenvalue weighted by atomic mass is 32.1. The number of aromatic nitrogens is 3. The van der Waals surface area contributed by atoms with Crippen molar-refractivity contribution in [2.24, 2.45) is 0 Å². The number of benzene rings is 1. The molecular formula is C18H15N3O2S. The lowest BCUT2D eigenvalue weighted by molar-refractivity contribution is 0.278. The summed E-state index contributed by atoms with van der Waals surface area (Å²) in [6.45, 7) is 1.80. The van der Waals surface area contributed by atoms with Gasteiger partial charge >= 0.3 is 0 Å². The minimum absolute atomic E-state index is 0.0830. The van der Waals surface area contributed by atoms with Gasteiger partial charge in [0.15, 0.2) is 5.75 Å². The Morgan fingerprint density at radius 1 is 1.25 bits per heavy atom. The van der Waals surface area contributed by atoms with Crippen molar-refractivity contribution < 1.29 is 9.84 Å². The third-order valence-corrected chi connectivity index (χ3v) is 4.49. The minimum atomic E-state index is -0.0830. The molecule has 3 aromatic rings. The number of rotatable bonds is 2. The average molecular weight is 337 g/mol. The quantitative estimate of drug-likeness (QED) is 0.546. The Labute approximate surface area is 144 Å². The smallest absolute Gasteiger partial charge is 0.205 e. The molecule has 0 saturated carbocycles. The van der Waals surface area contributed by atoms with Gasteiger partial charge < -0.3 is 14.8 Å². The number of nitrogens with one attached hydrogen (secondary N) is 1. The molecule has 1 aliphatic heterocycles. The molecule has 6 heteroatoms. The topological polar surface area (TPSA) is 71.0 Å². The van der Waals surface area contributed by atoms with E-state index in [1.54, 1.807) is 6.20 Å². The van der Waals surface area contributed by atoms with Crippen molar-refractivity contribution in [2.45, 2.75) is 20.0 Å². The SMILES string of the molecule is Cc1ncc(CO)c2c1Oc1[nH]c(-c3ccccc3)nc(=S)c1C2. The second kappa shape index (κ2) is 5.81. The van der Waals surface area contributed by atoms with Gasteiger partial charge in [0.05, 0.1) is 17.9 Å². The number of aryl methyl sites for hydroxylation is 1. The van der Waals surface area contributed by atoms with E-state index in [4.69, 9.17) is 17.0 Å². The molecule has 0 aliphatic carbocycles. The molecule has 0 atom stereocenters. The van der Waals surface area contributed by atoms with Gasteiger partial charge in [-0.3, -0.25) is 4.98 Å². The van der Waals surface area contributed by atoms with Gasteiger partial charge in [0.2, 0.25) is 5.88 Å². The molecule has 0 spiro atoms. The lowest BCUT2D eigenvalue weighted by Crippen LogP contribution is -2.12. The predicted octanol–water partition coefficient (Wildman–Crippen LogP) is 3.70. The van der Waals surface area contributed by atoms with Crippen LogP contribution in [-0.2, 0) is 13.0 Å². The minimum Gasteiger partial charge on any atom is -0.438 e. The monoisotopic (exact) mass is 337 g/mol. The van der Waals surface area contributed by atoms with E-state index in [-0.39, 0.29) is 6.61 Å². The summed E-state index contributed by atoms with van der Waals surface area (Å²) < 4.78 is 6.56. The van der Waals surface area contributed by atoms with Crippen LogP contribution in [0.2, 0.25) is 0 Å². The summed E-state index contributed by atoms with van der Waals surface area (Å²) >= 11 is 5.48. The summed E-state index contributed by atoms with van der Waals surface area (Å²) in [5, 5.41) is 9.55. The van der Waals surface area contributed by atoms with Crippen LogP contribution in [0.5, 0.6) is 11.6 Å². The zero-order valence-electron chi connectivity index (χ0n) is 13.0. The van der Waals surface area contributed by atoms with Gasteiger partial charge in [0, 0.05) is 29.3 Å².